The molecule has 0 radical (unpaired) electrons. The number of nitrogens with one attached hydrogen (secondary N) is 1. The minimum absolute atomic E-state index is 0.0501. The lowest BCUT2D eigenvalue weighted by atomic mass is 10.2. The van der Waals surface area contributed by atoms with Gasteiger partial charge in [0.2, 0.25) is 5.91 Å². The zero-order valence-electron chi connectivity index (χ0n) is 16.0. The van der Waals surface area contributed by atoms with E-state index >= 15 is 0 Å². The number of carbonyl (C=O) groups is 2. The van der Waals surface area contributed by atoms with Gasteiger partial charge in [-0.05, 0) is 31.2 Å². The largest absolute Gasteiger partial charge is 0.353 e. The van der Waals surface area contributed by atoms with Crippen LogP contribution in [0.15, 0.2) is 48.7 Å². The van der Waals surface area contributed by atoms with Crippen molar-refractivity contribution >= 4 is 23.4 Å². The highest BCUT2D eigenvalue weighted by Gasteiger charge is 2.33. The fourth-order valence-corrected chi connectivity index (χ4v) is 3.72. The Morgan fingerprint density at radius 3 is 2.50 bits per heavy atom. The van der Waals surface area contributed by atoms with Crippen LogP contribution in [0.5, 0.6) is 0 Å². The Bertz CT molecular complexity index is 832. The molecule has 4 rings (SSSR count). The Labute approximate surface area is 164 Å². The molecular formula is C21H25N5O2. The Balaban J connectivity index is 1.30. The standard InChI is InChI=1S/C21H25N5O2/c1-16-5-7-18(8-6-16)26-15-17(14-20(26)27)23-21(28)25-12-10-24(11-13-25)19-4-2-3-9-22-19/h2-9,17H,10-15H2,1H3,(H,23,28). The van der Waals surface area contributed by atoms with Crippen LogP contribution in [0.2, 0.25) is 0 Å². The second-order valence-corrected chi connectivity index (χ2v) is 7.35. The predicted octanol–water partition coefficient (Wildman–Crippen LogP) is 2.03. The van der Waals surface area contributed by atoms with E-state index in [9.17, 15) is 9.59 Å². The molecule has 2 aromatic rings. The average Bonchev–Trinajstić information content (AvgIpc) is 3.09. The van der Waals surface area contributed by atoms with Gasteiger partial charge < -0.3 is 20.0 Å². The molecule has 7 heteroatoms. The third-order valence-corrected chi connectivity index (χ3v) is 5.34. The molecule has 2 saturated heterocycles. The third-order valence-electron chi connectivity index (χ3n) is 5.34. The van der Waals surface area contributed by atoms with Gasteiger partial charge >= 0.3 is 6.03 Å². The summed E-state index contributed by atoms with van der Waals surface area (Å²) in [6, 6.07) is 13.5. The summed E-state index contributed by atoms with van der Waals surface area (Å²) < 4.78 is 0. The lowest BCUT2D eigenvalue weighted by Crippen LogP contribution is -2.54. The molecule has 3 heterocycles. The van der Waals surface area contributed by atoms with E-state index in [1.165, 1.54) is 0 Å². The van der Waals surface area contributed by atoms with Crippen LogP contribution in [-0.2, 0) is 4.79 Å². The maximum Gasteiger partial charge on any atom is 0.317 e. The second kappa shape index (κ2) is 7.88. The summed E-state index contributed by atoms with van der Waals surface area (Å²) in [7, 11) is 0. The summed E-state index contributed by atoms with van der Waals surface area (Å²) in [4.78, 5) is 35.1. The number of benzene rings is 1. The molecule has 1 N–H and O–H groups in total. The number of rotatable bonds is 3. The van der Waals surface area contributed by atoms with Gasteiger partial charge in [-0.1, -0.05) is 23.8 Å². The summed E-state index contributed by atoms with van der Waals surface area (Å²) in [5.41, 5.74) is 2.04. The summed E-state index contributed by atoms with van der Waals surface area (Å²) in [6.07, 6.45) is 2.12. The Kier molecular flexibility index (Phi) is 5.14. The average molecular weight is 379 g/mol. The van der Waals surface area contributed by atoms with Crippen molar-refractivity contribution in [2.24, 2.45) is 0 Å². The molecule has 2 aliphatic heterocycles. The Morgan fingerprint density at radius 2 is 1.82 bits per heavy atom. The molecule has 3 amide bonds. The van der Waals surface area contributed by atoms with E-state index in [1.54, 1.807) is 11.1 Å². The van der Waals surface area contributed by atoms with Gasteiger partial charge in [-0.15, -0.1) is 0 Å². The van der Waals surface area contributed by atoms with Crippen LogP contribution in [0.4, 0.5) is 16.3 Å². The maximum atomic E-state index is 12.6. The van der Waals surface area contributed by atoms with Gasteiger partial charge in [0.15, 0.2) is 0 Å². The molecule has 2 fully saturated rings. The molecule has 1 aromatic heterocycles. The summed E-state index contributed by atoms with van der Waals surface area (Å²) in [6.45, 7) is 5.33. The van der Waals surface area contributed by atoms with Gasteiger partial charge in [0.05, 0.1) is 6.04 Å². The summed E-state index contributed by atoms with van der Waals surface area (Å²) >= 11 is 0. The van der Waals surface area contributed by atoms with Gasteiger partial charge in [0, 0.05) is 51.0 Å². The molecule has 0 spiro atoms. The molecule has 1 aromatic carbocycles. The van der Waals surface area contributed by atoms with E-state index in [2.05, 4.69) is 15.2 Å². The van der Waals surface area contributed by atoms with Gasteiger partial charge in [-0.3, -0.25) is 4.79 Å². The number of anilines is 2. The number of piperazine rings is 1. The van der Waals surface area contributed by atoms with E-state index < -0.39 is 0 Å². The molecule has 0 bridgehead atoms. The first kappa shape index (κ1) is 18.3. The quantitative estimate of drug-likeness (QED) is 0.886. The minimum atomic E-state index is -0.157. The van der Waals surface area contributed by atoms with Crippen molar-refractivity contribution in [3.63, 3.8) is 0 Å². The fourth-order valence-electron chi connectivity index (χ4n) is 3.72. The van der Waals surface area contributed by atoms with E-state index in [0.29, 0.717) is 26.1 Å². The van der Waals surface area contributed by atoms with Crippen molar-refractivity contribution in [1.82, 2.24) is 15.2 Å². The predicted molar refractivity (Wildman–Crippen MR) is 108 cm³/mol. The molecule has 0 aliphatic carbocycles. The van der Waals surface area contributed by atoms with Crippen molar-refractivity contribution in [2.75, 3.05) is 42.5 Å². The first-order valence-corrected chi connectivity index (χ1v) is 9.68. The number of urea groups is 1. The Morgan fingerprint density at radius 1 is 1.07 bits per heavy atom. The number of pyridine rings is 1. The van der Waals surface area contributed by atoms with Crippen molar-refractivity contribution in [1.29, 1.82) is 0 Å². The second-order valence-electron chi connectivity index (χ2n) is 7.35. The lowest BCUT2D eigenvalue weighted by Gasteiger charge is -2.35. The molecule has 0 saturated carbocycles. The summed E-state index contributed by atoms with van der Waals surface area (Å²) in [5, 5.41) is 3.04. The van der Waals surface area contributed by atoms with Gasteiger partial charge in [0.25, 0.3) is 0 Å². The number of nitrogens with zero attached hydrogens (tertiary/aromatic N) is 4. The van der Waals surface area contributed by atoms with E-state index in [-0.39, 0.29) is 18.0 Å². The molecule has 1 atom stereocenters. The van der Waals surface area contributed by atoms with Gasteiger partial charge in [-0.25, -0.2) is 9.78 Å². The van der Waals surface area contributed by atoms with Gasteiger partial charge in [0.1, 0.15) is 5.82 Å². The van der Waals surface area contributed by atoms with Crippen molar-refractivity contribution in [3.05, 3.63) is 54.2 Å². The normalized spacial score (nSPS) is 19.8. The highest BCUT2D eigenvalue weighted by Crippen LogP contribution is 2.22. The number of aryl methyl sites for hydroxylation is 1. The highest BCUT2D eigenvalue weighted by atomic mass is 16.2. The molecular weight excluding hydrogens is 354 g/mol. The molecule has 1 unspecified atom stereocenters. The van der Waals surface area contributed by atoms with E-state index in [1.807, 2.05) is 54.3 Å². The third kappa shape index (κ3) is 3.93. The van der Waals surface area contributed by atoms with E-state index in [0.717, 1.165) is 30.2 Å². The SMILES string of the molecule is Cc1ccc(N2CC(NC(=O)N3CCN(c4ccccn4)CC3)CC2=O)cc1. The number of aromatic nitrogens is 1. The zero-order chi connectivity index (χ0) is 19.5. The monoisotopic (exact) mass is 379 g/mol. The topological polar surface area (TPSA) is 68.8 Å². The highest BCUT2D eigenvalue weighted by molar-refractivity contribution is 5.96. The minimum Gasteiger partial charge on any atom is -0.353 e. The number of amides is 3. The van der Waals surface area contributed by atoms with Crippen LogP contribution in [0.3, 0.4) is 0 Å². The molecule has 146 valence electrons. The van der Waals surface area contributed by atoms with Crippen LogP contribution < -0.4 is 15.1 Å². The van der Waals surface area contributed by atoms with Crippen LogP contribution >= 0.6 is 0 Å². The van der Waals surface area contributed by atoms with Crippen molar-refractivity contribution in [3.8, 4) is 0 Å². The van der Waals surface area contributed by atoms with Crippen molar-refractivity contribution < 1.29 is 9.59 Å². The number of hydrogen-bond donors (Lipinski definition) is 1. The lowest BCUT2D eigenvalue weighted by molar-refractivity contribution is -0.117. The molecule has 28 heavy (non-hydrogen) atoms. The van der Waals surface area contributed by atoms with Crippen LogP contribution in [0.1, 0.15) is 12.0 Å². The fraction of sp³-hybridized carbons (Fsp3) is 0.381. The number of hydrogen-bond acceptors (Lipinski definition) is 4. The maximum absolute atomic E-state index is 12.6. The smallest absolute Gasteiger partial charge is 0.317 e. The van der Waals surface area contributed by atoms with Crippen LogP contribution in [0, 0.1) is 6.92 Å². The first-order chi connectivity index (χ1) is 13.6. The Hall–Kier alpha value is -3.09. The van der Waals surface area contributed by atoms with Crippen LogP contribution in [-0.4, -0.2) is 60.6 Å². The van der Waals surface area contributed by atoms with E-state index in [4.69, 9.17) is 0 Å². The molecule has 7 nitrogen and oxygen atoms in total. The summed E-state index contributed by atoms with van der Waals surface area (Å²) in [5.74, 6) is 0.992. The number of carbonyl (C=O) groups excluding carboxylic acids is 2. The van der Waals surface area contributed by atoms with Gasteiger partial charge in [-0.2, -0.15) is 0 Å². The zero-order valence-corrected chi connectivity index (χ0v) is 16.0. The van der Waals surface area contributed by atoms with Crippen molar-refractivity contribution in [2.45, 2.75) is 19.4 Å². The molecule has 2 aliphatic rings. The van der Waals surface area contributed by atoms with Crippen LogP contribution in [0.25, 0.3) is 0 Å². The first-order valence-electron chi connectivity index (χ1n) is 9.68.